The summed E-state index contributed by atoms with van der Waals surface area (Å²) in [5.74, 6) is -1.66. The van der Waals surface area contributed by atoms with E-state index in [0.29, 0.717) is 17.3 Å². The SMILES string of the molecule is Cc1ccc(NC(=O)C[C@@H]([NH2+]Cc2ccccc2)C(=O)[O-])cc1Cl. The summed E-state index contributed by atoms with van der Waals surface area (Å²) in [5, 5.41) is 16.1. The van der Waals surface area contributed by atoms with Crippen molar-refractivity contribution in [3.8, 4) is 0 Å². The first kappa shape index (κ1) is 18.0. The zero-order chi connectivity index (χ0) is 17.5. The van der Waals surface area contributed by atoms with Gasteiger partial charge in [0, 0.05) is 16.3 Å². The van der Waals surface area contributed by atoms with E-state index in [1.807, 2.05) is 37.3 Å². The van der Waals surface area contributed by atoms with Crippen LogP contribution in [0.2, 0.25) is 5.02 Å². The van der Waals surface area contributed by atoms with Crippen LogP contribution in [0.4, 0.5) is 5.69 Å². The molecule has 3 N–H and O–H groups in total. The minimum absolute atomic E-state index is 0.180. The third kappa shape index (κ3) is 5.37. The predicted octanol–water partition coefficient (Wildman–Crippen LogP) is 0.859. The molecule has 0 aliphatic carbocycles. The van der Waals surface area contributed by atoms with E-state index in [0.717, 1.165) is 11.1 Å². The maximum Gasteiger partial charge on any atom is 0.230 e. The van der Waals surface area contributed by atoms with Gasteiger partial charge in [0.15, 0.2) is 0 Å². The molecule has 0 bridgehead atoms. The topological polar surface area (TPSA) is 85.8 Å². The van der Waals surface area contributed by atoms with Gasteiger partial charge in [0.05, 0.1) is 12.4 Å². The molecule has 0 saturated carbocycles. The maximum absolute atomic E-state index is 12.1. The fourth-order valence-corrected chi connectivity index (χ4v) is 2.42. The van der Waals surface area contributed by atoms with Gasteiger partial charge in [0.1, 0.15) is 12.6 Å². The molecule has 0 spiro atoms. The highest BCUT2D eigenvalue weighted by molar-refractivity contribution is 6.31. The molecule has 0 aliphatic rings. The molecule has 0 aromatic heterocycles. The van der Waals surface area contributed by atoms with Gasteiger partial charge in [-0.25, -0.2) is 0 Å². The normalized spacial score (nSPS) is 11.8. The van der Waals surface area contributed by atoms with Crippen LogP contribution in [0.25, 0.3) is 0 Å². The summed E-state index contributed by atoms with van der Waals surface area (Å²) >= 11 is 6.01. The minimum Gasteiger partial charge on any atom is -0.544 e. The summed E-state index contributed by atoms with van der Waals surface area (Å²) in [7, 11) is 0. The number of benzene rings is 2. The number of carboxylic acid groups (broad SMARTS) is 1. The van der Waals surface area contributed by atoms with Crippen LogP contribution in [0.5, 0.6) is 0 Å². The molecule has 1 amide bonds. The van der Waals surface area contributed by atoms with Crippen molar-refractivity contribution in [2.45, 2.75) is 25.9 Å². The Kier molecular flexibility index (Phi) is 6.35. The number of anilines is 1. The van der Waals surface area contributed by atoms with Gasteiger partial charge in [-0.05, 0) is 24.6 Å². The lowest BCUT2D eigenvalue weighted by atomic mass is 10.1. The Morgan fingerprint density at radius 2 is 1.92 bits per heavy atom. The van der Waals surface area contributed by atoms with Crippen molar-refractivity contribution in [3.63, 3.8) is 0 Å². The van der Waals surface area contributed by atoms with E-state index in [9.17, 15) is 14.7 Å². The van der Waals surface area contributed by atoms with Crippen molar-refractivity contribution in [3.05, 3.63) is 64.7 Å². The number of amides is 1. The first-order chi connectivity index (χ1) is 11.5. The van der Waals surface area contributed by atoms with E-state index in [1.165, 1.54) is 0 Å². The zero-order valence-electron chi connectivity index (χ0n) is 13.3. The van der Waals surface area contributed by atoms with E-state index in [-0.39, 0.29) is 6.42 Å². The highest BCUT2D eigenvalue weighted by Gasteiger charge is 2.18. The number of hydrogen-bond acceptors (Lipinski definition) is 3. The van der Waals surface area contributed by atoms with Crippen LogP contribution in [0.1, 0.15) is 17.5 Å². The fraction of sp³-hybridized carbons (Fsp3) is 0.222. The minimum atomic E-state index is -1.26. The molecule has 2 aromatic rings. The lowest BCUT2D eigenvalue weighted by Gasteiger charge is -2.16. The Balaban J connectivity index is 1.92. The molecule has 0 saturated heterocycles. The molecule has 6 heteroatoms. The molecule has 0 fully saturated rings. The van der Waals surface area contributed by atoms with Crippen LogP contribution in [0.15, 0.2) is 48.5 Å². The summed E-state index contributed by atoms with van der Waals surface area (Å²) < 4.78 is 0. The number of carbonyl (C=O) groups excluding carboxylic acids is 2. The summed E-state index contributed by atoms with van der Waals surface area (Å²) in [6.45, 7) is 2.32. The Labute approximate surface area is 145 Å². The van der Waals surface area contributed by atoms with Gasteiger partial charge >= 0.3 is 0 Å². The van der Waals surface area contributed by atoms with E-state index >= 15 is 0 Å². The first-order valence-corrected chi connectivity index (χ1v) is 7.97. The number of carboxylic acids is 1. The largest absolute Gasteiger partial charge is 0.544 e. The number of aryl methyl sites for hydroxylation is 1. The second kappa shape index (κ2) is 8.47. The molecular weight excluding hydrogens is 328 g/mol. The smallest absolute Gasteiger partial charge is 0.230 e. The number of nitrogens with one attached hydrogen (secondary N) is 1. The van der Waals surface area contributed by atoms with Crippen LogP contribution in [-0.4, -0.2) is 17.9 Å². The predicted molar refractivity (Wildman–Crippen MR) is 90.3 cm³/mol. The summed E-state index contributed by atoms with van der Waals surface area (Å²) in [6.07, 6.45) is -0.180. The summed E-state index contributed by atoms with van der Waals surface area (Å²) in [4.78, 5) is 23.3. The van der Waals surface area contributed by atoms with Crippen LogP contribution in [0.3, 0.4) is 0 Å². The van der Waals surface area contributed by atoms with E-state index in [1.54, 1.807) is 23.5 Å². The van der Waals surface area contributed by atoms with E-state index in [4.69, 9.17) is 11.6 Å². The third-order valence-corrected chi connectivity index (χ3v) is 4.05. The van der Waals surface area contributed by atoms with Crippen molar-refractivity contribution in [1.82, 2.24) is 0 Å². The highest BCUT2D eigenvalue weighted by atomic mass is 35.5. The maximum atomic E-state index is 12.1. The van der Waals surface area contributed by atoms with Crippen molar-refractivity contribution < 1.29 is 20.0 Å². The zero-order valence-corrected chi connectivity index (χ0v) is 14.0. The third-order valence-electron chi connectivity index (χ3n) is 3.64. The molecule has 0 heterocycles. The van der Waals surface area contributed by atoms with Crippen LogP contribution < -0.4 is 15.7 Å². The van der Waals surface area contributed by atoms with Crippen LogP contribution in [-0.2, 0) is 16.1 Å². The molecule has 1 atom stereocenters. The number of aliphatic carboxylic acids is 1. The summed E-state index contributed by atoms with van der Waals surface area (Å²) in [5.41, 5.74) is 2.42. The Hall–Kier alpha value is -2.37. The quantitative estimate of drug-likeness (QED) is 0.779. The van der Waals surface area contributed by atoms with Gasteiger partial charge < -0.3 is 20.5 Å². The van der Waals surface area contributed by atoms with Gasteiger partial charge in [0.2, 0.25) is 5.91 Å². The number of halogens is 1. The Morgan fingerprint density at radius 1 is 1.21 bits per heavy atom. The Bertz CT molecular complexity index is 719. The van der Waals surface area contributed by atoms with Gasteiger partial charge in [-0.1, -0.05) is 48.0 Å². The van der Waals surface area contributed by atoms with Crippen molar-refractivity contribution in [2.75, 3.05) is 5.32 Å². The fourth-order valence-electron chi connectivity index (χ4n) is 2.24. The van der Waals surface area contributed by atoms with Crippen LogP contribution >= 0.6 is 11.6 Å². The molecule has 126 valence electrons. The van der Waals surface area contributed by atoms with Crippen molar-refractivity contribution in [2.24, 2.45) is 0 Å². The summed E-state index contributed by atoms with van der Waals surface area (Å²) in [6, 6.07) is 13.6. The second-order valence-electron chi connectivity index (χ2n) is 5.57. The first-order valence-electron chi connectivity index (χ1n) is 7.60. The standard InChI is InChI=1S/C18H19ClN2O3/c1-12-7-8-14(9-15(12)19)21-17(22)10-16(18(23)24)20-11-13-5-3-2-4-6-13/h2-9,16,20H,10-11H2,1H3,(H,21,22)(H,23,24)/t16-/m1/s1. The number of carbonyl (C=O) groups is 2. The number of rotatable bonds is 7. The molecule has 0 unspecified atom stereocenters. The van der Waals surface area contributed by atoms with Gasteiger partial charge in [-0.3, -0.25) is 4.79 Å². The average molecular weight is 347 g/mol. The van der Waals surface area contributed by atoms with Crippen molar-refractivity contribution in [1.29, 1.82) is 0 Å². The molecular formula is C18H19ClN2O3. The van der Waals surface area contributed by atoms with Crippen molar-refractivity contribution >= 4 is 29.2 Å². The second-order valence-corrected chi connectivity index (χ2v) is 5.97. The molecule has 2 aromatic carbocycles. The highest BCUT2D eigenvalue weighted by Crippen LogP contribution is 2.20. The molecule has 0 radical (unpaired) electrons. The average Bonchev–Trinajstić information content (AvgIpc) is 2.55. The van der Waals surface area contributed by atoms with Gasteiger partial charge in [-0.15, -0.1) is 0 Å². The number of hydrogen-bond donors (Lipinski definition) is 2. The van der Waals surface area contributed by atoms with E-state index < -0.39 is 17.9 Å². The molecule has 0 aliphatic heterocycles. The number of nitrogens with two attached hydrogens (primary N) is 1. The molecule has 2 rings (SSSR count). The lowest BCUT2D eigenvalue weighted by molar-refractivity contribution is -0.697. The lowest BCUT2D eigenvalue weighted by Crippen LogP contribution is -2.92. The van der Waals surface area contributed by atoms with E-state index in [2.05, 4.69) is 5.32 Å². The number of quaternary nitrogens is 1. The van der Waals surface area contributed by atoms with Gasteiger partial charge in [0.25, 0.3) is 0 Å². The monoisotopic (exact) mass is 346 g/mol. The molecule has 5 nitrogen and oxygen atoms in total. The van der Waals surface area contributed by atoms with Gasteiger partial charge in [-0.2, -0.15) is 0 Å². The van der Waals surface area contributed by atoms with Crippen LogP contribution in [0, 0.1) is 6.92 Å². The Morgan fingerprint density at radius 3 is 2.54 bits per heavy atom. The molecule has 24 heavy (non-hydrogen) atoms.